The van der Waals surface area contributed by atoms with E-state index in [1.54, 1.807) is 23.9 Å². The summed E-state index contributed by atoms with van der Waals surface area (Å²) in [5.41, 5.74) is 0.529. The highest BCUT2D eigenvalue weighted by Gasteiger charge is 2.23. The first-order valence-electron chi connectivity index (χ1n) is 5.57. The zero-order valence-electron chi connectivity index (χ0n) is 9.35. The van der Waals surface area contributed by atoms with Crippen molar-refractivity contribution in [1.29, 1.82) is 0 Å². The summed E-state index contributed by atoms with van der Waals surface area (Å²) >= 11 is 1.67. The predicted octanol–water partition coefficient (Wildman–Crippen LogP) is 1.61. The second-order valence-corrected chi connectivity index (χ2v) is 5.31. The zero-order valence-corrected chi connectivity index (χ0v) is 10.2. The molecule has 1 unspecified atom stereocenters. The Bertz CT molecular complexity index is 416. The molecule has 1 fully saturated rings. The largest absolute Gasteiger partial charge is 0.504 e. The van der Waals surface area contributed by atoms with E-state index in [0.717, 1.165) is 18.6 Å². The quantitative estimate of drug-likeness (QED) is 0.716. The Kier molecular flexibility index (Phi) is 3.78. The lowest BCUT2D eigenvalue weighted by Gasteiger charge is -2.11. The van der Waals surface area contributed by atoms with Crippen LogP contribution < -0.4 is 5.32 Å². The van der Waals surface area contributed by atoms with E-state index in [-0.39, 0.29) is 29.2 Å². The summed E-state index contributed by atoms with van der Waals surface area (Å²) in [6.45, 7) is 0.246. The lowest BCUT2D eigenvalue weighted by molar-refractivity contribution is -0.120. The fourth-order valence-electron chi connectivity index (χ4n) is 1.80. The van der Waals surface area contributed by atoms with Gasteiger partial charge in [-0.1, -0.05) is 12.1 Å². The molecule has 0 radical (unpaired) electrons. The van der Waals surface area contributed by atoms with Gasteiger partial charge in [0.05, 0.1) is 5.25 Å². The van der Waals surface area contributed by atoms with Crippen LogP contribution in [0.4, 0.5) is 0 Å². The molecule has 1 amide bonds. The van der Waals surface area contributed by atoms with Gasteiger partial charge in [-0.2, -0.15) is 0 Å². The number of phenols is 2. The molecule has 1 aromatic rings. The van der Waals surface area contributed by atoms with E-state index in [9.17, 15) is 15.0 Å². The molecule has 0 spiro atoms. The maximum absolute atomic E-state index is 11.7. The van der Waals surface area contributed by atoms with Crippen LogP contribution in [0.15, 0.2) is 18.2 Å². The van der Waals surface area contributed by atoms with Crippen LogP contribution in [0.1, 0.15) is 18.4 Å². The molecule has 1 saturated heterocycles. The fourth-order valence-corrected chi connectivity index (χ4v) is 2.99. The average Bonchev–Trinajstić information content (AvgIpc) is 2.84. The number of rotatable bonds is 3. The minimum absolute atomic E-state index is 0.00948. The minimum Gasteiger partial charge on any atom is -0.504 e. The van der Waals surface area contributed by atoms with Crippen LogP contribution in [0.5, 0.6) is 11.5 Å². The van der Waals surface area contributed by atoms with Crippen molar-refractivity contribution in [3.63, 3.8) is 0 Å². The number of carbonyl (C=O) groups excluding carboxylic acids is 1. The summed E-state index contributed by atoms with van der Waals surface area (Å²) in [6, 6.07) is 4.73. The van der Waals surface area contributed by atoms with Crippen LogP contribution in [0.2, 0.25) is 0 Å². The van der Waals surface area contributed by atoms with Crippen molar-refractivity contribution in [2.45, 2.75) is 24.6 Å². The fraction of sp³-hybridized carbons (Fsp3) is 0.417. The van der Waals surface area contributed by atoms with E-state index < -0.39 is 0 Å². The maximum atomic E-state index is 11.7. The van der Waals surface area contributed by atoms with E-state index in [1.165, 1.54) is 6.07 Å². The van der Waals surface area contributed by atoms with Crippen molar-refractivity contribution in [3.05, 3.63) is 23.8 Å². The van der Waals surface area contributed by atoms with Crippen molar-refractivity contribution in [1.82, 2.24) is 5.32 Å². The van der Waals surface area contributed by atoms with Crippen LogP contribution in [0.25, 0.3) is 0 Å². The monoisotopic (exact) mass is 253 g/mol. The first kappa shape index (κ1) is 12.1. The molecule has 0 saturated carbocycles. The second-order valence-electron chi connectivity index (χ2n) is 4.00. The molecule has 0 aromatic heterocycles. The van der Waals surface area contributed by atoms with Crippen LogP contribution >= 0.6 is 11.8 Å². The number of thioether (sulfide) groups is 1. The Labute approximate surface area is 104 Å². The number of benzene rings is 1. The molecular formula is C12H15NO3S. The molecule has 1 heterocycles. The standard InChI is InChI=1S/C12H15NO3S/c14-9-4-1-3-8(11(9)15)7-13-12(16)10-5-2-6-17-10/h1,3-4,10,14-15H,2,5-7H2,(H,13,16). The van der Waals surface area contributed by atoms with Crippen molar-refractivity contribution < 1.29 is 15.0 Å². The number of hydrogen-bond donors (Lipinski definition) is 3. The Morgan fingerprint density at radius 3 is 3.00 bits per heavy atom. The number of phenolic OH excluding ortho intramolecular Hbond substituents is 2. The van der Waals surface area contributed by atoms with E-state index in [1.807, 2.05) is 0 Å². The van der Waals surface area contributed by atoms with Gasteiger partial charge in [-0.3, -0.25) is 4.79 Å². The van der Waals surface area contributed by atoms with Crippen LogP contribution in [0.3, 0.4) is 0 Å². The number of amides is 1. The van der Waals surface area contributed by atoms with Crippen molar-refractivity contribution >= 4 is 17.7 Å². The zero-order chi connectivity index (χ0) is 12.3. The van der Waals surface area contributed by atoms with Crippen molar-refractivity contribution in [2.24, 2.45) is 0 Å². The van der Waals surface area contributed by atoms with Crippen molar-refractivity contribution in [3.8, 4) is 11.5 Å². The first-order valence-corrected chi connectivity index (χ1v) is 6.62. The molecule has 3 N–H and O–H groups in total. The molecule has 92 valence electrons. The number of nitrogens with one attached hydrogen (secondary N) is 1. The lowest BCUT2D eigenvalue weighted by Crippen LogP contribution is -2.30. The smallest absolute Gasteiger partial charge is 0.233 e. The van der Waals surface area contributed by atoms with Gasteiger partial charge in [0, 0.05) is 12.1 Å². The number of para-hydroxylation sites is 1. The molecule has 2 rings (SSSR count). The van der Waals surface area contributed by atoms with Crippen LogP contribution in [0, 0.1) is 0 Å². The van der Waals surface area contributed by atoms with Gasteiger partial charge in [-0.25, -0.2) is 0 Å². The Morgan fingerprint density at radius 2 is 2.29 bits per heavy atom. The number of carbonyl (C=O) groups is 1. The molecule has 4 nitrogen and oxygen atoms in total. The number of hydrogen-bond acceptors (Lipinski definition) is 4. The highest BCUT2D eigenvalue weighted by Crippen LogP contribution is 2.29. The van der Waals surface area contributed by atoms with Gasteiger partial charge in [0.25, 0.3) is 0 Å². The maximum Gasteiger partial charge on any atom is 0.233 e. The first-order chi connectivity index (χ1) is 8.18. The van der Waals surface area contributed by atoms with Crippen LogP contribution in [-0.4, -0.2) is 27.1 Å². The average molecular weight is 253 g/mol. The Balaban J connectivity index is 1.93. The van der Waals surface area contributed by atoms with E-state index in [0.29, 0.717) is 5.56 Å². The molecule has 5 heteroatoms. The summed E-state index contributed by atoms with van der Waals surface area (Å²) < 4.78 is 0. The van der Waals surface area contributed by atoms with Gasteiger partial charge >= 0.3 is 0 Å². The van der Waals surface area contributed by atoms with Gasteiger partial charge in [0.15, 0.2) is 11.5 Å². The van der Waals surface area contributed by atoms with Gasteiger partial charge in [-0.05, 0) is 24.7 Å². The predicted molar refractivity (Wildman–Crippen MR) is 67.1 cm³/mol. The normalized spacial score (nSPS) is 19.2. The second kappa shape index (κ2) is 5.31. The topological polar surface area (TPSA) is 69.6 Å². The van der Waals surface area contributed by atoms with Gasteiger partial charge in [-0.15, -0.1) is 11.8 Å². The van der Waals surface area contributed by atoms with Gasteiger partial charge in [0.1, 0.15) is 0 Å². The summed E-state index contributed by atoms with van der Waals surface area (Å²) in [7, 11) is 0. The third kappa shape index (κ3) is 2.85. The Hall–Kier alpha value is -1.36. The summed E-state index contributed by atoms with van der Waals surface area (Å²) in [4.78, 5) is 11.7. The third-order valence-corrected chi connectivity index (χ3v) is 4.15. The SMILES string of the molecule is O=C(NCc1cccc(O)c1O)C1CCCS1. The summed E-state index contributed by atoms with van der Waals surface area (Å²) in [5.74, 6) is 0.726. The van der Waals surface area contributed by atoms with E-state index >= 15 is 0 Å². The van der Waals surface area contributed by atoms with Crippen LogP contribution in [-0.2, 0) is 11.3 Å². The molecule has 1 aliphatic heterocycles. The Morgan fingerprint density at radius 1 is 1.47 bits per heavy atom. The third-order valence-electron chi connectivity index (χ3n) is 2.77. The highest BCUT2D eigenvalue weighted by atomic mass is 32.2. The summed E-state index contributed by atoms with van der Waals surface area (Å²) in [5, 5.41) is 21.7. The lowest BCUT2D eigenvalue weighted by atomic mass is 10.2. The molecular weight excluding hydrogens is 238 g/mol. The molecule has 1 aromatic carbocycles. The van der Waals surface area contributed by atoms with Gasteiger partial charge in [0.2, 0.25) is 5.91 Å². The highest BCUT2D eigenvalue weighted by molar-refractivity contribution is 8.00. The van der Waals surface area contributed by atoms with E-state index in [4.69, 9.17) is 0 Å². The summed E-state index contributed by atoms with van der Waals surface area (Å²) in [6.07, 6.45) is 2.00. The molecule has 0 aliphatic carbocycles. The minimum atomic E-state index is -0.160. The van der Waals surface area contributed by atoms with E-state index in [2.05, 4.69) is 5.32 Å². The number of aromatic hydroxyl groups is 2. The van der Waals surface area contributed by atoms with Gasteiger partial charge < -0.3 is 15.5 Å². The molecule has 1 aliphatic rings. The molecule has 1 atom stereocenters. The molecule has 17 heavy (non-hydrogen) atoms. The molecule has 0 bridgehead atoms. The van der Waals surface area contributed by atoms with Crippen molar-refractivity contribution in [2.75, 3.05) is 5.75 Å².